The molecule has 0 aliphatic heterocycles. The molecule has 0 unspecified atom stereocenters. The third-order valence-electron chi connectivity index (χ3n) is 4.37. The summed E-state index contributed by atoms with van der Waals surface area (Å²) in [5.74, 6) is 0.987. The Balaban J connectivity index is 1.68. The third kappa shape index (κ3) is 4.76. The summed E-state index contributed by atoms with van der Waals surface area (Å²) in [5.41, 5.74) is 4.63. The van der Waals surface area contributed by atoms with Gasteiger partial charge in [0, 0.05) is 42.2 Å². The van der Waals surface area contributed by atoms with Gasteiger partial charge in [0.25, 0.3) is 5.91 Å². The number of aromatic nitrogens is 3. The minimum absolute atomic E-state index is 0.0829. The van der Waals surface area contributed by atoms with E-state index in [2.05, 4.69) is 34.1 Å². The highest BCUT2D eigenvalue weighted by Gasteiger charge is 2.12. The van der Waals surface area contributed by atoms with Crippen LogP contribution in [0.15, 0.2) is 54.9 Å². The van der Waals surface area contributed by atoms with Crippen molar-refractivity contribution in [1.82, 2.24) is 20.3 Å². The first-order valence-electron chi connectivity index (χ1n) is 9.16. The molecule has 0 atom stereocenters. The fraction of sp³-hybridized carbons (Fsp3) is 0.273. The maximum absolute atomic E-state index is 12.4. The number of hydrogen-bond donors (Lipinski definition) is 1. The van der Waals surface area contributed by atoms with Crippen LogP contribution in [-0.2, 0) is 6.42 Å². The molecular formula is C22H24N4O. The third-order valence-corrected chi connectivity index (χ3v) is 4.37. The van der Waals surface area contributed by atoms with Crippen molar-refractivity contribution >= 4 is 5.91 Å². The lowest BCUT2D eigenvalue weighted by Crippen LogP contribution is -2.25. The summed E-state index contributed by atoms with van der Waals surface area (Å²) < 4.78 is 0. The number of hydrogen-bond acceptors (Lipinski definition) is 4. The number of aryl methyl sites for hydroxylation is 1. The van der Waals surface area contributed by atoms with Crippen molar-refractivity contribution < 1.29 is 4.79 Å². The molecule has 0 bridgehead atoms. The van der Waals surface area contributed by atoms with Crippen LogP contribution in [-0.4, -0.2) is 27.4 Å². The largest absolute Gasteiger partial charge is 0.352 e. The SMILES string of the molecule is Cc1ncc(C(C)C)c(-c2ccc(C(=O)NCCc3ccccn3)cc2)n1. The first-order valence-corrected chi connectivity index (χ1v) is 9.16. The summed E-state index contributed by atoms with van der Waals surface area (Å²) in [4.78, 5) is 25.5. The van der Waals surface area contributed by atoms with Gasteiger partial charge in [0.05, 0.1) is 5.69 Å². The van der Waals surface area contributed by atoms with Crippen molar-refractivity contribution in [3.8, 4) is 11.3 Å². The molecule has 1 aromatic carbocycles. The molecule has 0 radical (unpaired) electrons. The van der Waals surface area contributed by atoms with E-state index in [0.29, 0.717) is 24.4 Å². The molecule has 3 rings (SSSR count). The molecule has 138 valence electrons. The first-order chi connectivity index (χ1) is 13.0. The van der Waals surface area contributed by atoms with E-state index in [4.69, 9.17) is 0 Å². The lowest BCUT2D eigenvalue weighted by Gasteiger charge is -2.12. The van der Waals surface area contributed by atoms with Crippen LogP contribution in [0.3, 0.4) is 0 Å². The van der Waals surface area contributed by atoms with Crippen LogP contribution in [0.2, 0.25) is 0 Å². The van der Waals surface area contributed by atoms with Gasteiger partial charge in [-0.1, -0.05) is 32.0 Å². The number of nitrogens with one attached hydrogen (secondary N) is 1. The molecule has 0 saturated carbocycles. The zero-order chi connectivity index (χ0) is 19.2. The molecule has 0 spiro atoms. The van der Waals surface area contributed by atoms with Gasteiger partial charge in [0.2, 0.25) is 0 Å². The normalized spacial score (nSPS) is 10.8. The van der Waals surface area contributed by atoms with E-state index < -0.39 is 0 Å². The van der Waals surface area contributed by atoms with Gasteiger partial charge in [0.1, 0.15) is 5.82 Å². The van der Waals surface area contributed by atoms with E-state index in [-0.39, 0.29) is 5.91 Å². The number of nitrogens with zero attached hydrogens (tertiary/aromatic N) is 3. The van der Waals surface area contributed by atoms with E-state index in [0.717, 1.165) is 28.3 Å². The number of pyridine rings is 1. The fourth-order valence-electron chi connectivity index (χ4n) is 2.86. The van der Waals surface area contributed by atoms with Crippen LogP contribution in [0.5, 0.6) is 0 Å². The highest BCUT2D eigenvalue weighted by atomic mass is 16.1. The van der Waals surface area contributed by atoms with Crippen LogP contribution in [0.4, 0.5) is 0 Å². The molecule has 0 saturated heterocycles. The van der Waals surface area contributed by atoms with Crippen molar-refractivity contribution in [2.24, 2.45) is 0 Å². The quantitative estimate of drug-likeness (QED) is 0.723. The second kappa shape index (κ2) is 8.54. The van der Waals surface area contributed by atoms with Crippen LogP contribution in [0, 0.1) is 6.92 Å². The Kier molecular flexibility index (Phi) is 5.91. The molecule has 0 fully saturated rings. The second-order valence-corrected chi connectivity index (χ2v) is 6.78. The Morgan fingerprint density at radius 3 is 2.52 bits per heavy atom. The fourth-order valence-corrected chi connectivity index (χ4v) is 2.86. The second-order valence-electron chi connectivity index (χ2n) is 6.78. The topological polar surface area (TPSA) is 67.8 Å². The highest BCUT2D eigenvalue weighted by molar-refractivity contribution is 5.94. The number of benzene rings is 1. The zero-order valence-corrected chi connectivity index (χ0v) is 15.9. The summed E-state index contributed by atoms with van der Waals surface area (Å²) in [5, 5.41) is 2.94. The van der Waals surface area contributed by atoms with Gasteiger partial charge in [0.15, 0.2) is 0 Å². The minimum atomic E-state index is -0.0829. The molecular weight excluding hydrogens is 336 g/mol. The molecule has 27 heavy (non-hydrogen) atoms. The molecule has 5 nitrogen and oxygen atoms in total. The molecule has 3 aromatic rings. The molecule has 1 amide bonds. The Morgan fingerprint density at radius 2 is 1.85 bits per heavy atom. The Hall–Kier alpha value is -3.08. The van der Waals surface area contributed by atoms with Crippen molar-refractivity contribution in [1.29, 1.82) is 0 Å². The maximum Gasteiger partial charge on any atom is 0.251 e. The van der Waals surface area contributed by atoms with Gasteiger partial charge in [-0.25, -0.2) is 9.97 Å². The summed E-state index contributed by atoms with van der Waals surface area (Å²) in [6.07, 6.45) is 4.36. The van der Waals surface area contributed by atoms with E-state index >= 15 is 0 Å². The van der Waals surface area contributed by atoms with Crippen LogP contribution < -0.4 is 5.32 Å². The van der Waals surface area contributed by atoms with E-state index in [1.54, 1.807) is 6.20 Å². The lowest BCUT2D eigenvalue weighted by atomic mass is 9.98. The monoisotopic (exact) mass is 360 g/mol. The first kappa shape index (κ1) is 18.7. The number of rotatable bonds is 6. The van der Waals surface area contributed by atoms with Gasteiger partial charge in [-0.2, -0.15) is 0 Å². The number of carbonyl (C=O) groups is 1. The average molecular weight is 360 g/mol. The van der Waals surface area contributed by atoms with Gasteiger partial charge in [-0.3, -0.25) is 9.78 Å². The Bertz CT molecular complexity index is 905. The van der Waals surface area contributed by atoms with Crippen molar-refractivity contribution in [2.45, 2.75) is 33.1 Å². The summed E-state index contributed by atoms with van der Waals surface area (Å²) in [6, 6.07) is 13.4. The smallest absolute Gasteiger partial charge is 0.251 e. The summed E-state index contributed by atoms with van der Waals surface area (Å²) in [7, 11) is 0. The van der Waals surface area contributed by atoms with Crippen molar-refractivity contribution in [3.63, 3.8) is 0 Å². The van der Waals surface area contributed by atoms with Gasteiger partial charge in [-0.05, 0) is 42.7 Å². The van der Waals surface area contributed by atoms with E-state index in [9.17, 15) is 4.79 Å². The molecule has 0 aliphatic carbocycles. The number of carbonyl (C=O) groups excluding carboxylic acids is 1. The molecule has 2 heterocycles. The molecule has 0 aliphatic rings. The Morgan fingerprint density at radius 1 is 1.07 bits per heavy atom. The lowest BCUT2D eigenvalue weighted by molar-refractivity contribution is 0.0954. The number of amides is 1. The highest BCUT2D eigenvalue weighted by Crippen LogP contribution is 2.27. The minimum Gasteiger partial charge on any atom is -0.352 e. The molecule has 5 heteroatoms. The standard InChI is InChI=1S/C22H24N4O/c1-15(2)20-14-25-16(3)26-21(20)17-7-9-18(10-8-17)22(27)24-13-11-19-6-4-5-12-23-19/h4-10,12,14-15H,11,13H2,1-3H3,(H,24,27). The molecule has 2 aromatic heterocycles. The van der Waals surface area contributed by atoms with Crippen molar-refractivity contribution in [3.05, 3.63) is 77.5 Å². The van der Waals surface area contributed by atoms with E-state index in [1.807, 2.05) is 55.6 Å². The average Bonchev–Trinajstić information content (AvgIpc) is 2.68. The van der Waals surface area contributed by atoms with Crippen LogP contribution >= 0.6 is 0 Å². The predicted octanol–water partition coefficient (Wildman–Crippen LogP) is 3.94. The summed E-state index contributed by atoms with van der Waals surface area (Å²) in [6.45, 7) is 6.69. The summed E-state index contributed by atoms with van der Waals surface area (Å²) >= 11 is 0. The van der Waals surface area contributed by atoms with Gasteiger partial charge in [-0.15, -0.1) is 0 Å². The van der Waals surface area contributed by atoms with E-state index in [1.165, 1.54) is 0 Å². The van der Waals surface area contributed by atoms with Gasteiger partial charge < -0.3 is 5.32 Å². The van der Waals surface area contributed by atoms with Gasteiger partial charge >= 0.3 is 0 Å². The predicted molar refractivity (Wildman–Crippen MR) is 107 cm³/mol. The molecule has 1 N–H and O–H groups in total. The van der Waals surface area contributed by atoms with Crippen molar-refractivity contribution in [2.75, 3.05) is 6.54 Å². The maximum atomic E-state index is 12.4. The Labute approximate surface area is 159 Å². The zero-order valence-electron chi connectivity index (χ0n) is 15.9. The van der Waals surface area contributed by atoms with Crippen LogP contribution in [0.25, 0.3) is 11.3 Å². The van der Waals surface area contributed by atoms with Crippen LogP contribution in [0.1, 0.15) is 47.2 Å².